The van der Waals surface area contributed by atoms with E-state index in [1.165, 1.54) is 11.1 Å². The fourth-order valence-corrected chi connectivity index (χ4v) is 2.46. The summed E-state index contributed by atoms with van der Waals surface area (Å²) in [6.07, 6.45) is 7.20. The molecule has 25 heavy (non-hydrogen) atoms. The van der Waals surface area contributed by atoms with Crippen molar-refractivity contribution in [2.24, 2.45) is 4.99 Å². The highest BCUT2D eigenvalue weighted by atomic mass is 15.2. The second-order valence-corrected chi connectivity index (χ2v) is 5.70. The molecule has 6 heteroatoms. The average Bonchev–Trinajstić information content (AvgIpc) is 3.18. The van der Waals surface area contributed by atoms with Crippen molar-refractivity contribution < 1.29 is 0 Å². The van der Waals surface area contributed by atoms with Crippen molar-refractivity contribution in [3.8, 4) is 5.82 Å². The topological polar surface area (TPSA) is 67.1 Å². The summed E-state index contributed by atoms with van der Waals surface area (Å²) in [4.78, 5) is 12.8. The first kappa shape index (κ1) is 16.7. The lowest BCUT2D eigenvalue weighted by Crippen LogP contribution is -2.36. The van der Waals surface area contributed by atoms with Gasteiger partial charge in [-0.1, -0.05) is 30.3 Å². The van der Waals surface area contributed by atoms with Crippen LogP contribution >= 0.6 is 0 Å². The van der Waals surface area contributed by atoms with Crippen molar-refractivity contribution in [1.82, 2.24) is 25.2 Å². The minimum Gasteiger partial charge on any atom is -0.352 e. The molecule has 0 radical (unpaired) electrons. The van der Waals surface area contributed by atoms with Crippen LogP contribution in [0.3, 0.4) is 0 Å². The Morgan fingerprint density at radius 3 is 2.64 bits per heavy atom. The number of imidazole rings is 1. The van der Waals surface area contributed by atoms with Gasteiger partial charge in [-0.05, 0) is 29.7 Å². The summed E-state index contributed by atoms with van der Waals surface area (Å²) in [5.74, 6) is 1.62. The Bertz CT molecular complexity index is 821. The van der Waals surface area contributed by atoms with E-state index in [2.05, 4.69) is 44.7 Å². The number of aryl methyl sites for hydroxylation is 1. The van der Waals surface area contributed by atoms with E-state index in [1.54, 1.807) is 19.6 Å². The molecular weight excluding hydrogens is 312 g/mol. The molecular formula is C19H22N6. The van der Waals surface area contributed by atoms with E-state index in [-0.39, 0.29) is 0 Å². The number of aromatic nitrogens is 3. The smallest absolute Gasteiger partial charge is 0.191 e. The van der Waals surface area contributed by atoms with Crippen molar-refractivity contribution in [2.45, 2.75) is 20.0 Å². The van der Waals surface area contributed by atoms with Crippen LogP contribution in [-0.2, 0) is 13.1 Å². The molecule has 3 rings (SSSR count). The third-order valence-corrected chi connectivity index (χ3v) is 3.97. The van der Waals surface area contributed by atoms with E-state index < -0.39 is 0 Å². The van der Waals surface area contributed by atoms with Gasteiger partial charge in [-0.25, -0.2) is 9.97 Å². The van der Waals surface area contributed by atoms with Gasteiger partial charge >= 0.3 is 0 Å². The van der Waals surface area contributed by atoms with Gasteiger partial charge < -0.3 is 10.6 Å². The molecule has 0 saturated heterocycles. The van der Waals surface area contributed by atoms with E-state index in [0.29, 0.717) is 6.54 Å². The minimum absolute atomic E-state index is 0.657. The number of guanidine groups is 1. The van der Waals surface area contributed by atoms with E-state index in [0.717, 1.165) is 23.9 Å². The van der Waals surface area contributed by atoms with Crippen molar-refractivity contribution in [1.29, 1.82) is 0 Å². The molecule has 2 aromatic heterocycles. The maximum Gasteiger partial charge on any atom is 0.191 e. The molecule has 2 heterocycles. The largest absolute Gasteiger partial charge is 0.352 e. The molecule has 0 unspecified atom stereocenters. The van der Waals surface area contributed by atoms with Crippen LogP contribution in [0.1, 0.15) is 16.7 Å². The Labute approximate surface area is 147 Å². The fraction of sp³-hybridized carbons (Fsp3) is 0.211. The first-order valence-corrected chi connectivity index (χ1v) is 8.18. The molecule has 0 aliphatic rings. The summed E-state index contributed by atoms with van der Waals surface area (Å²) in [5, 5.41) is 6.65. The van der Waals surface area contributed by atoms with Crippen molar-refractivity contribution in [3.63, 3.8) is 0 Å². The zero-order valence-corrected chi connectivity index (χ0v) is 14.5. The summed E-state index contributed by atoms with van der Waals surface area (Å²) in [5.41, 5.74) is 3.62. The molecule has 0 bridgehead atoms. The van der Waals surface area contributed by atoms with Crippen molar-refractivity contribution in [3.05, 3.63) is 78.0 Å². The molecule has 0 aliphatic carbocycles. The summed E-state index contributed by atoms with van der Waals surface area (Å²) in [6.45, 7) is 3.51. The van der Waals surface area contributed by atoms with Crippen molar-refractivity contribution >= 4 is 5.96 Å². The van der Waals surface area contributed by atoms with Crippen LogP contribution in [0, 0.1) is 6.92 Å². The molecule has 0 saturated carbocycles. The summed E-state index contributed by atoms with van der Waals surface area (Å²) in [7, 11) is 1.77. The molecule has 0 atom stereocenters. The number of nitrogens with one attached hydrogen (secondary N) is 2. The molecule has 2 N–H and O–H groups in total. The van der Waals surface area contributed by atoms with E-state index in [9.17, 15) is 0 Å². The second-order valence-electron chi connectivity index (χ2n) is 5.70. The van der Waals surface area contributed by atoms with Gasteiger partial charge in [0.1, 0.15) is 12.1 Å². The zero-order valence-electron chi connectivity index (χ0n) is 14.5. The average molecular weight is 334 g/mol. The molecule has 0 amide bonds. The Morgan fingerprint density at radius 1 is 1.12 bits per heavy atom. The van der Waals surface area contributed by atoms with E-state index >= 15 is 0 Å². The molecule has 0 aliphatic heterocycles. The van der Waals surface area contributed by atoms with Gasteiger partial charge in [0.15, 0.2) is 5.96 Å². The highest BCUT2D eigenvalue weighted by Gasteiger charge is 2.02. The normalized spacial score (nSPS) is 11.4. The first-order valence-electron chi connectivity index (χ1n) is 8.18. The Hall–Kier alpha value is -3.15. The number of pyridine rings is 1. The van der Waals surface area contributed by atoms with Gasteiger partial charge in [-0.3, -0.25) is 9.56 Å². The lowest BCUT2D eigenvalue weighted by Gasteiger charge is -2.13. The van der Waals surface area contributed by atoms with Crippen LogP contribution < -0.4 is 10.6 Å². The SMILES string of the molecule is CN=C(NCc1ccc(-n2ccnc2)nc1)NCc1ccccc1C. The number of nitrogens with zero attached hydrogens (tertiary/aromatic N) is 4. The van der Waals surface area contributed by atoms with E-state index in [1.807, 2.05) is 41.2 Å². The lowest BCUT2D eigenvalue weighted by molar-refractivity contribution is 0.803. The predicted molar refractivity (Wildman–Crippen MR) is 99.6 cm³/mol. The Morgan fingerprint density at radius 2 is 1.96 bits per heavy atom. The standard InChI is InChI=1S/C19H22N6/c1-15-5-3-4-6-17(15)13-24-19(20-2)23-12-16-7-8-18(22-11-16)25-10-9-21-14-25/h3-11,14H,12-13H2,1-2H3,(H2,20,23,24). The first-order chi connectivity index (χ1) is 12.3. The van der Waals surface area contributed by atoms with Gasteiger partial charge in [0.05, 0.1) is 0 Å². The minimum atomic E-state index is 0.657. The van der Waals surface area contributed by atoms with Gasteiger partial charge in [-0.15, -0.1) is 0 Å². The second kappa shape index (κ2) is 8.10. The number of aliphatic imine (C=N–C) groups is 1. The molecule has 128 valence electrons. The zero-order chi connectivity index (χ0) is 17.5. The van der Waals surface area contributed by atoms with Crippen LogP contribution in [0.4, 0.5) is 0 Å². The van der Waals surface area contributed by atoms with Crippen LogP contribution in [0.25, 0.3) is 5.82 Å². The van der Waals surface area contributed by atoms with Gasteiger partial charge in [-0.2, -0.15) is 0 Å². The summed E-state index contributed by atoms with van der Waals surface area (Å²) < 4.78 is 1.87. The van der Waals surface area contributed by atoms with E-state index in [4.69, 9.17) is 0 Å². The van der Waals surface area contributed by atoms with Crippen LogP contribution in [0.15, 0.2) is 66.3 Å². The highest BCUT2D eigenvalue weighted by molar-refractivity contribution is 5.79. The number of hydrogen-bond donors (Lipinski definition) is 2. The van der Waals surface area contributed by atoms with Gasteiger partial charge in [0.25, 0.3) is 0 Å². The van der Waals surface area contributed by atoms with Crippen LogP contribution in [0.2, 0.25) is 0 Å². The van der Waals surface area contributed by atoms with Crippen molar-refractivity contribution in [2.75, 3.05) is 7.05 Å². The fourth-order valence-electron chi connectivity index (χ4n) is 2.46. The predicted octanol–water partition coefficient (Wildman–Crippen LogP) is 2.44. The lowest BCUT2D eigenvalue weighted by atomic mass is 10.1. The molecule has 0 fully saturated rings. The monoisotopic (exact) mass is 334 g/mol. The van der Waals surface area contributed by atoms with Gasteiger partial charge in [0.2, 0.25) is 0 Å². The number of rotatable bonds is 5. The maximum absolute atomic E-state index is 4.45. The Balaban J connectivity index is 1.53. The van der Waals surface area contributed by atoms with Crippen LogP contribution in [-0.4, -0.2) is 27.5 Å². The maximum atomic E-state index is 4.45. The highest BCUT2D eigenvalue weighted by Crippen LogP contribution is 2.07. The molecule has 1 aromatic carbocycles. The third-order valence-electron chi connectivity index (χ3n) is 3.97. The molecule has 6 nitrogen and oxygen atoms in total. The quantitative estimate of drug-likeness (QED) is 0.555. The molecule has 0 spiro atoms. The number of benzene rings is 1. The number of hydrogen-bond acceptors (Lipinski definition) is 3. The Kier molecular flexibility index (Phi) is 5.41. The summed E-state index contributed by atoms with van der Waals surface area (Å²) >= 11 is 0. The van der Waals surface area contributed by atoms with Crippen LogP contribution in [0.5, 0.6) is 0 Å². The molecule has 3 aromatic rings. The summed E-state index contributed by atoms with van der Waals surface area (Å²) in [6, 6.07) is 12.3. The third kappa shape index (κ3) is 4.44. The van der Waals surface area contributed by atoms with Gasteiger partial charge in [0, 0.05) is 38.7 Å².